The number of carbonyl (C=O) groups excluding carboxylic acids is 2. The Morgan fingerprint density at radius 2 is 1.65 bits per heavy atom. The molecule has 0 unspecified atom stereocenters. The maximum Gasteiger partial charge on any atom is 0.416 e. The van der Waals surface area contributed by atoms with Gasteiger partial charge in [-0.15, -0.1) is 0 Å². The third-order valence-corrected chi connectivity index (χ3v) is 6.59. The average molecular weight is 488 g/mol. The number of hydrogen-bond donors (Lipinski definition) is 1. The van der Waals surface area contributed by atoms with Crippen molar-refractivity contribution in [3.63, 3.8) is 0 Å². The molecule has 176 valence electrons. The van der Waals surface area contributed by atoms with E-state index in [1.807, 2.05) is 0 Å². The van der Waals surface area contributed by atoms with Crippen molar-refractivity contribution in [1.29, 1.82) is 0 Å². The van der Waals surface area contributed by atoms with Gasteiger partial charge < -0.3 is 5.32 Å². The first kappa shape index (κ1) is 23.5. The molecule has 0 aliphatic carbocycles. The van der Waals surface area contributed by atoms with Crippen LogP contribution < -0.4 is 10.2 Å². The minimum absolute atomic E-state index is 0.0427. The number of halogens is 3. The zero-order valence-corrected chi connectivity index (χ0v) is 18.7. The third kappa shape index (κ3) is 4.67. The number of nitrogens with zero attached hydrogens (tertiary/aromatic N) is 1. The lowest BCUT2D eigenvalue weighted by Gasteiger charge is -2.37. The Balaban J connectivity index is 1.80. The van der Waals surface area contributed by atoms with Gasteiger partial charge in [0.1, 0.15) is 6.04 Å². The molecule has 0 saturated heterocycles. The van der Waals surface area contributed by atoms with Gasteiger partial charge in [-0.2, -0.15) is 13.2 Å². The molecule has 0 saturated carbocycles. The molecule has 4 rings (SSSR count). The van der Waals surface area contributed by atoms with Gasteiger partial charge in [0, 0.05) is 18.2 Å². The van der Waals surface area contributed by atoms with Crippen LogP contribution in [0.5, 0.6) is 0 Å². The number of nitrogens with one attached hydrogen (secondary N) is 1. The molecule has 0 aromatic heterocycles. The molecule has 0 fully saturated rings. The van der Waals surface area contributed by atoms with E-state index >= 15 is 0 Å². The van der Waals surface area contributed by atoms with Crippen LogP contribution in [0.25, 0.3) is 0 Å². The molecular weight excluding hydrogens is 469 g/mol. The highest BCUT2D eigenvalue weighted by Crippen LogP contribution is 2.36. The summed E-state index contributed by atoms with van der Waals surface area (Å²) in [4.78, 5) is 27.7. The van der Waals surface area contributed by atoms with Crippen LogP contribution in [0.2, 0.25) is 0 Å². The van der Waals surface area contributed by atoms with Gasteiger partial charge in [0.05, 0.1) is 21.8 Å². The van der Waals surface area contributed by atoms with Crippen LogP contribution in [0.3, 0.4) is 0 Å². The third-order valence-electron chi connectivity index (χ3n) is 5.48. The van der Waals surface area contributed by atoms with Gasteiger partial charge in [0.25, 0.3) is 5.91 Å². The topological polar surface area (TPSA) is 83.6 Å². The van der Waals surface area contributed by atoms with E-state index in [4.69, 9.17) is 0 Å². The summed E-state index contributed by atoms with van der Waals surface area (Å²) in [5.74, 6) is -1.22. The van der Waals surface area contributed by atoms with Crippen molar-refractivity contribution in [3.8, 4) is 0 Å². The Kier molecular flexibility index (Phi) is 5.94. The summed E-state index contributed by atoms with van der Waals surface area (Å²) in [5, 5.41) is 2.66. The Morgan fingerprint density at radius 3 is 2.24 bits per heavy atom. The lowest BCUT2D eigenvalue weighted by atomic mass is 9.98. The summed E-state index contributed by atoms with van der Waals surface area (Å²) in [7, 11) is -3.59. The highest BCUT2D eigenvalue weighted by Gasteiger charge is 2.38. The summed E-state index contributed by atoms with van der Waals surface area (Å²) in [5.41, 5.74) is 0.192. The largest absolute Gasteiger partial charge is 0.416 e. The second-order valence-electron chi connectivity index (χ2n) is 7.90. The zero-order valence-electron chi connectivity index (χ0n) is 17.8. The summed E-state index contributed by atoms with van der Waals surface area (Å²) in [6.07, 6.45) is -3.40. The highest BCUT2D eigenvalue weighted by atomic mass is 32.2. The molecule has 0 bridgehead atoms. The van der Waals surface area contributed by atoms with Crippen LogP contribution in [-0.2, 0) is 27.2 Å². The number of hydrogen-bond acceptors (Lipinski definition) is 4. The van der Waals surface area contributed by atoms with Crippen molar-refractivity contribution in [2.75, 3.05) is 16.5 Å². The van der Waals surface area contributed by atoms with E-state index in [1.54, 1.807) is 30.3 Å². The zero-order chi connectivity index (χ0) is 24.7. The Morgan fingerprint density at radius 1 is 1.00 bits per heavy atom. The Hall–Kier alpha value is -3.66. The number of fused-ring (bicyclic) bond motifs is 1. The van der Waals surface area contributed by atoms with Crippen LogP contribution in [0.1, 0.15) is 21.5 Å². The predicted octanol–water partition coefficient (Wildman–Crippen LogP) is 4.32. The number of amides is 2. The molecule has 3 aromatic carbocycles. The Bertz CT molecular complexity index is 1360. The van der Waals surface area contributed by atoms with Crippen molar-refractivity contribution in [2.24, 2.45) is 0 Å². The molecule has 3 aromatic rings. The number of carbonyl (C=O) groups is 2. The standard InChI is InChI=1S/C24H19F3N2O4S/c1-34(32,33)18-11-12-20-19(14-18)28-22(30)21(13-15-5-3-2-4-6-15)29(20)23(31)16-7-9-17(10-8-16)24(25,26)27/h2-12,14,21H,13H2,1H3,(H,28,30)/t21-/m0/s1. The van der Waals surface area contributed by atoms with Crippen molar-refractivity contribution >= 4 is 33.0 Å². The van der Waals surface area contributed by atoms with Crippen LogP contribution in [-0.4, -0.2) is 32.5 Å². The molecule has 1 aliphatic rings. The van der Waals surface area contributed by atoms with Crippen molar-refractivity contribution in [1.82, 2.24) is 0 Å². The van der Waals surface area contributed by atoms with E-state index in [9.17, 15) is 31.2 Å². The molecule has 2 amide bonds. The van der Waals surface area contributed by atoms with Gasteiger partial charge in [0.2, 0.25) is 5.91 Å². The van der Waals surface area contributed by atoms with Gasteiger partial charge >= 0.3 is 6.18 Å². The Labute approximate surface area is 193 Å². The van der Waals surface area contributed by atoms with E-state index in [2.05, 4.69) is 5.32 Å². The molecule has 34 heavy (non-hydrogen) atoms. The van der Waals surface area contributed by atoms with E-state index in [0.29, 0.717) is 0 Å². The summed E-state index contributed by atoms with van der Waals surface area (Å²) in [6.45, 7) is 0. The first-order valence-corrected chi connectivity index (χ1v) is 12.0. The number of alkyl halides is 3. The molecule has 0 radical (unpaired) electrons. The number of rotatable bonds is 4. The van der Waals surface area contributed by atoms with Gasteiger partial charge in [0.15, 0.2) is 9.84 Å². The summed E-state index contributed by atoms with van der Waals surface area (Å²) < 4.78 is 62.8. The quantitative estimate of drug-likeness (QED) is 0.593. The van der Waals surface area contributed by atoms with Crippen LogP contribution in [0.15, 0.2) is 77.7 Å². The fraction of sp³-hybridized carbons (Fsp3) is 0.167. The van der Waals surface area contributed by atoms with Crippen molar-refractivity contribution in [2.45, 2.75) is 23.5 Å². The minimum Gasteiger partial charge on any atom is -0.322 e. The summed E-state index contributed by atoms with van der Waals surface area (Å²) >= 11 is 0. The van der Waals surface area contributed by atoms with Crippen LogP contribution in [0.4, 0.5) is 24.5 Å². The molecule has 1 atom stereocenters. The first-order chi connectivity index (χ1) is 15.9. The van der Waals surface area contributed by atoms with E-state index < -0.39 is 39.4 Å². The predicted molar refractivity (Wildman–Crippen MR) is 120 cm³/mol. The lowest BCUT2D eigenvalue weighted by molar-refractivity contribution is -0.137. The lowest BCUT2D eigenvalue weighted by Crippen LogP contribution is -2.52. The van der Waals surface area contributed by atoms with E-state index in [-0.39, 0.29) is 28.3 Å². The SMILES string of the molecule is CS(=O)(=O)c1ccc2c(c1)NC(=O)[C@H](Cc1ccccc1)N2C(=O)c1ccc(C(F)(F)F)cc1. The maximum absolute atomic E-state index is 13.5. The molecule has 6 nitrogen and oxygen atoms in total. The molecule has 10 heteroatoms. The second-order valence-corrected chi connectivity index (χ2v) is 9.91. The van der Waals surface area contributed by atoms with Gasteiger partial charge in [-0.3, -0.25) is 14.5 Å². The minimum atomic E-state index is -4.56. The second kappa shape index (κ2) is 8.60. The van der Waals surface area contributed by atoms with Gasteiger partial charge in [-0.05, 0) is 48.0 Å². The fourth-order valence-corrected chi connectivity index (χ4v) is 4.42. The molecular formula is C24H19F3N2O4S. The highest BCUT2D eigenvalue weighted by molar-refractivity contribution is 7.90. The number of sulfone groups is 1. The molecule has 1 N–H and O–H groups in total. The van der Waals surface area contributed by atoms with Gasteiger partial charge in [-0.25, -0.2) is 8.42 Å². The molecule has 1 heterocycles. The summed E-state index contributed by atoms with van der Waals surface area (Å²) in [6, 6.07) is 15.6. The monoisotopic (exact) mass is 488 g/mol. The first-order valence-electron chi connectivity index (χ1n) is 10.1. The van der Waals surface area contributed by atoms with Crippen LogP contribution in [0, 0.1) is 0 Å². The fourth-order valence-electron chi connectivity index (χ4n) is 3.77. The van der Waals surface area contributed by atoms with Crippen molar-refractivity contribution in [3.05, 3.63) is 89.5 Å². The normalized spacial score (nSPS) is 16.1. The number of anilines is 2. The van der Waals surface area contributed by atoms with Gasteiger partial charge in [-0.1, -0.05) is 30.3 Å². The smallest absolute Gasteiger partial charge is 0.322 e. The average Bonchev–Trinajstić information content (AvgIpc) is 2.78. The van der Waals surface area contributed by atoms with Crippen molar-refractivity contribution < 1.29 is 31.2 Å². The molecule has 0 spiro atoms. The van der Waals surface area contributed by atoms with E-state index in [1.165, 1.54) is 23.1 Å². The van der Waals surface area contributed by atoms with E-state index in [0.717, 1.165) is 36.1 Å². The maximum atomic E-state index is 13.5. The van der Waals surface area contributed by atoms with Crippen LogP contribution >= 0.6 is 0 Å². The number of benzene rings is 3. The molecule has 1 aliphatic heterocycles.